The van der Waals surface area contributed by atoms with Gasteiger partial charge in [-0.15, -0.1) is 11.3 Å². The van der Waals surface area contributed by atoms with Gasteiger partial charge in [-0.3, -0.25) is 4.79 Å². The minimum Gasteiger partial charge on any atom is -0.451 e. The molecule has 0 radical (unpaired) electrons. The summed E-state index contributed by atoms with van der Waals surface area (Å²) in [6, 6.07) is 9.59. The van der Waals surface area contributed by atoms with Crippen LogP contribution in [0, 0.1) is 0 Å². The Morgan fingerprint density at radius 1 is 1.16 bits per heavy atom. The van der Waals surface area contributed by atoms with Gasteiger partial charge < -0.3 is 10.1 Å². The Morgan fingerprint density at radius 2 is 1.96 bits per heavy atom. The lowest BCUT2D eigenvalue weighted by Crippen LogP contribution is -2.21. The maximum Gasteiger partial charge on any atom is 0.348 e. The molecule has 25 heavy (non-hydrogen) atoms. The molecule has 4 nitrogen and oxygen atoms in total. The van der Waals surface area contributed by atoms with Crippen LogP contribution in [0.1, 0.15) is 51.9 Å². The molecular weight excluding hydrogens is 334 g/mol. The number of amides is 1. The fraction of sp³-hybridized carbons (Fsp3) is 0.400. The monoisotopic (exact) mass is 357 g/mol. The molecule has 132 valence electrons. The van der Waals surface area contributed by atoms with E-state index in [1.807, 2.05) is 37.3 Å². The third kappa shape index (κ3) is 4.48. The first-order valence-corrected chi connectivity index (χ1v) is 9.65. The molecule has 1 aromatic heterocycles. The molecule has 0 unspecified atom stereocenters. The highest BCUT2D eigenvalue weighted by atomic mass is 32.1. The first kappa shape index (κ1) is 17.7. The van der Waals surface area contributed by atoms with Gasteiger partial charge in [0.05, 0.1) is 0 Å². The number of ether oxygens (including phenoxy) is 1. The van der Waals surface area contributed by atoms with Gasteiger partial charge in [0, 0.05) is 10.6 Å². The van der Waals surface area contributed by atoms with Crippen molar-refractivity contribution in [1.29, 1.82) is 0 Å². The van der Waals surface area contributed by atoms with E-state index < -0.39 is 5.97 Å². The van der Waals surface area contributed by atoms with E-state index in [0.717, 1.165) is 30.5 Å². The Morgan fingerprint density at radius 3 is 2.80 bits per heavy atom. The van der Waals surface area contributed by atoms with Crippen LogP contribution in [0.4, 0.5) is 5.69 Å². The van der Waals surface area contributed by atoms with Crippen LogP contribution in [0.2, 0.25) is 0 Å². The van der Waals surface area contributed by atoms with E-state index in [1.54, 1.807) is 0 Å². The fourth-order valence-corrected chi connectivity index (χ4v) is 4.25. The summed E-state index contributed by atoms with van der Waals surface area (Å²) in [6.07, 6.45) is 6.52. The molecule has 5 heteroatoms. The minimum absolute atomic E-state index is 0.264. The SMILES string of the molecule is CCc1ccccc1NC(=O)COC(=O)c1cc2c(s1)CCCCC2. The summed E-state index contributed by atoms with van der Waals surface area (Å²) < 4.78 is 5.20. The second kappa shape index (κ2) is 8.30. The molecule has 0 fully saturated rings. The van der Waals surface area contributed by atoms with Gasteiger partial charge in [0.25, 0.3) is 5.91 Å². The number of benzene rings is 1. The average Bonchev–Trinajstić information content (AvgIpc) is 2.91. The van der Waals surface area contributed by atoms with Crippen LogP contribution < -0.4 is 5.32 Å². The zero-order valence-corrected chi connectivity index (χ0v) is 15.3. The number of aryl methyl sites for hydroxylation is 3. The first-order valence-electron chi connectivity index (χ1n) is 8.84. The number of nitrogens with one attached hydrogen (secondary N) is 1. The lowest BCUT2D eigenvalue weighted by molar-refractivity contribution is -0.119. The Labute approximate surface area is 152 Å². The van der Waals surface area contributed by atoms with Gasteiger partial charge in [-0.25, -0.2) is 4.79 Å². The van der Waals surface area contributed by atoms with E-state index in [1.165, 1.54) is 41.0 Å². The van der Waals surface area contributed by atoms with Crippen LogP contribution in [0.3, 0.4) is 0 Å². The van der Waals surface area contributed by atoms with Gasteiger partial charge in [-0.05, 0) is 55.4 Å². The lowest BCUT2D eigenvalue weighted by Gasteiger charge is -2.09. The van der Waals surface area contributed by atoms with Crippen molar-refractivity contribution in [3.63, 3.8) is 0 Å². The van der Waals surface area contributed by atoms with Crippen molar-refractivity contribution in [2.75, 3.05) is 11.9 Å². The number of rotatable bonds is 5. The summed E-state index contributed by atoms with van der Waals surface area (Å²) in [5.74, 6) is -0.718. The largest absolute Gasteiger partial charge is 0.451 e. The highest BCUT2D eigenvalue weighted by Gasteiger charge is 2.18. The molecule has 0 aliphatic heterocycles. The van der Waals surface area contributed by atoms with Crippen LogP contribution in [0.5, 0.6) is 0 Å². The third-order valence-corrected chi connectivity index (χ3v) is 5.67. The molecular formula is C20H23NO3S. The number of esters is 1. The molecule has 1 amide bonds. The molecule has 3 rings (SSSR count). The molecule has 2 aromatic rings. The predicted molar refractivity (Wildman–Crippen MR) is 100 cm³/mol. The summed E-state index contributed by atoms with van der Waals surface area (Å²) in [4.78, 5) is 26.2. The van der Waals surface area contributed by atoms with Crippen LogP contribution in [-0.4, -0.2) is 18.5 Å². The zero-order chi connectivity index (χ0) is 17.6. The van der Waals surface area contributed by atoms with Crippen LogP contribution in [-0.2, 0) is 28.8 Å². The highest BCUT2D eigenvalue weighted by molar-refractivity contribution is 7.14. The maximum atomic E-state index is 12.2. The van der Waals surface area contributed by atoms with Crippen molar-refractivity contribution in [1.82, 2.24) is 0 Å². The Bertz CT molecular complexity index is 743. The van der Waals surface area contributed by atoms with Gasteiger partial charge >= 0.3 is 5.97 Å². The Kier molecular flexibility index (Phi) is 5.87. The van der Waals surface area contributed by atoms with Gasteiger partial charge in [0.15, 0.2) is 6.61 Å². The van der Waals surface area contributed by atoms with E-state index in [0.29, 0.717) is 4.88 Å². The Hall–Kier alpha value is -2.14. The number of carbonyl (C=O) groups excluding carboxylic acids is 2. The van der Waals surface area contributed by atoms with E-state index in [2.05, 4.69) is 5.32 Å². The summed E-state index contributed by atoms with van der Waals surface area (Å²) in [5, 5.41) is 2.81. The highest BCUT2D eigenvalue weighted by Crippen LogP contribution is 2.29. The molecule has 1 aliphatic carbocycles. The second-order valence-electron chi connectivity index (χ2n) is 6.25. The van der Waals surface area contributed by atoms with E-state index >= 15 is 0 Å². The average molecular weight is 357 g/mol. The summed E-state index contributed by atoms with van der Waals surface area (Å²) >= 11 is 1.51. The van der Waals surface area contributed by atoms with Gasteiger partial charge in [-0.1, -0.05) is 31.5 Å². The summed E-state index contributed by atoms with van der Waals surface area (Å²) in [7, 11) is 0. The van der Waals surface area contributed by atoms with Gasteiger partial charge in [0.2, 0.25) is 0 Å². The molecule has 1 heterocycles. The maximum absolute atomic E-state index is 12.2. The van der Waals surface area contributed by atoms with Gasteiger partial charge in [-0.2, -0.15) is 0 Å². The lowest BCUT2D eigenvalue weighted by atomic mass is 10.1. The summed E-state index contributed by atoms with van der Waals surface area (Å²) in [5.41, 5.74) is 3.11. The smallest absolute Gasteiger partial charge is 0.348 e. The number of carbonyl (C=O) groups is 2. The number of para-hydroxylation sites is 1. The number of anilines is 1. The van der Waals surface area contributed by atoms with E-state index in [9.17, 15) is 9.59 Å². The molecule has 0 bridgehead atoms. The molecule has 0 atom stereocenters. The minimum atomic E-state index is -0.406. The van der Waals surface area contributed by atoms with E-state index in [4.69, 9.17) is 4.74 Å². The Balaban J connectivity index is 1.56. The topological polar surface area (TPSA) is 55.4 Å². The van der Waals surface area contributed by atoms with Crippen molar-refractivity contribution in [3.05, 3.63) is 51.2 Å². The third-order valence-electron chi connectivity index (χ3n) is 4.45. The first-order chi connectivity index (χ1) is 12.2. The van der Waals surface area contributed by atoms with Crippen molar-refractivity contribution >= 4 is 28.9 Å². The fourth-order valence-electron chi connectivity index (χ4n) is 3.11. The molecule has 1 aliphatic rings. The quantitative estimate of drug-likeness (QED) is 0.638. The van der Waals surface area contributed by atoms with Crippen molar-refractivity contribution in [3.8, 4) is 0 Å². The van der Waals surface area contributed by atoms with Crippen LogP contribution >= 0.6 is 11.3 Å². The van der Waals surface area contributed by atoms with Crippen LogP contribution in [0.15, 0.2) is 30.3 Å². The van der Waals surface area contributed by atoms with Crippen molar-refractivity contribution in [2.45, 2.75) is 45.4 Å². The molecule has 0 saturated heterocycles. The summed E-state index contributed by atoms with van der Waals surface area (Å²) in [6.45, 7) is 1.77. The zero-order valence-electron chi connectivity index (χ0n) is 14.5. The molecule has 0 spiro atoms. The number of thiophene rings is 1. The number of hydrogen-bond acceptors (Lipinski definition) is 4. The molecule has 0 saturated carbocycles. The standard InChI is InChI=1S/C20H23NO3S/c1-2-14-8-6-7-10-16(14)21-19(22)13-24-20(23)18-12-15-9-4-3-5-11-17(15)25-18/h6-8,10,12H,2-5,9,11,13H2,1H3,(H,21,22). The normalized spacial score (nSPS) is 13.6. The predicted octanol–water partition coefficient (Wildman–Crippen LogP) is 4.37. The number of fused-ring (bicyclic) bond motifs is 1. The van der Waals surface area contributed by atoms with Crippen molar-refractivity contribution in [2.24, 2.45) is 0 Å². The van der Waals surface area contributed by atoms with Crippen molar-refractivity contribution < 1.29 is 14.3 Å². The number of hydrogen-bond donors (Lipinski definition) is 1. The molecule has 1 aromatic carbocycles. The van der Waals surface area contributed by atoms with E-state index in [-0.39, 0.29) is 12.5 Å². The van der Waals surface area contributed by atoms with Crippen LogP contribution in [0.25, 0.3) is 0 Å². The second-order valence-corrected chi connectivity index (χ2v) is 7.39. The molecule has 1 N–H and O–H groups in total. The van der Waals surface area contributed by atoms with Gasteiger partial charge in [0.1, 0.15) is 4.88 Å².